The lowest BCUT2D eigenvalue weighted by molar-refractivity contribution is 0.0724. The molecule has 1 aliphatic heterocycles. The molecule has 0 radical (unpaired) electrons. The molecule has 1 aromatic heterocycles. The predicted molar refractivity (Wildman–Crippen MR) is 135 cm³/mol. The minimum absolute atomic E-state index is 0. The third kappa shape index (κ3) is 7.54. The summed E-state index contributed by atoms with van der Waals surface area (Å²) in [5.74, 6) is 0.924. The third-order valence-electron chi connectivity index (χ3n) is 4.88. The standard InChI is InChI=1S/C22H31N5OS.HI/c1-3-23-22(24-11-10-20-25-15-17(2)29-20)26-16-18-8-7-9-19(14-18)21(28)27-12-5-4-6-13-27;/h7-9,14-15H,3-6,10-13,16H2,1-2H3,(H2,23,24,26);1H. The van der Waals surface area contributed by atoms with Gasteiger partial charge in [0.05, 0.1) is 11.6 Å². The molecule has 1 amide bonds. The predicted octanol–water partition coefficient (Wildman–Crippen LogP) is 3.99. The molecular formula is C22H32IN5OS. The van der Waals surface area contributed by atoms with Gasteiger partial charge in [0.2, 0.25) is 0 Å². The molecule has 8 heteroatoms. The van der Waals surface area contributed by atoms with E-state index in [4.69, 9.17) is 0 Å². The van der Waals surface area contributed by atoms with Gasteiger partial charge in [0.15, 0.2) is 5.96 Å². The molecule has 2 N–H and O–H groups in total. The molecule has 0 aliphatic carbocycles. The number of aliphatic imine (C=N–C) groups is 1. The number of carbonyl (C=O) groups is 1. The Morgan fingerprint density at radius 3 is 2.73 bits per heavy atom. The van der Waals surface area contributed by atoms with E-state index in [1.54, 1.807) is 11.3 Å². The van der Waals surface area contributed by atoms with Gasteiger partial charge in [0.25, 0.3) is 5.91 Å². The zero-order valence-electron chi connectivity index (χ0n) is 17.8. The Labute approximate surface area is 200 Å². The largest absolute Gasteiger partial charge is 0.357 e. The number of likely N-dealkylation sites (tertiary alicyclic amines) is 1. The summed E-state index contributed by atoms with van der Waals surface area (Å²) in [4.78, 5) is 25.0. The first kappa shape index (κ1) is 24.6. The van der Waals surface area contributed by atoms with Gasteiger partial charge in [-0.05, 0) is 50.8 Å². The Balaban J connectivity index is 0.00000320. The van der Waals surface area contributed by atoms with Crippen molar-refractivity contribution in [2.45, 2.75) is 46.1 Å². The molecule has 2 heterocycles. The molecule has 164 valence electrons. The van der Waals surface area contributed by atoms with Crippen LogP contribution < -0.4 is 10.6 Å². The van der Waals surface area contributed by atoms with Crippen LogP contribution in [0.3, 0.4) is 0 Å². The summed E-state index contributed by atoms with van der Waals surface area (Å²) < 4.78 is 0. The van der Waals surface area contributed by atoms with Gasteiger partial charge < -0.3 is 15.5 Å². The maximum atomic E-state index is 12.7. The second-order valence-electron chi connectivity index (χ2n) is 7.29. The summed E-state index contributed by atoms with van der Waals surface area (Å²) >= 11 is 1.73. The topological polar surface area (TPSA) is 69.6 Å². The fraction of sp³-hybridized carbons (Fsp3) is 0.500. The fourth-order valence-electron chi connectivity index (χ4n) is 3.40. The number of aryl methyl sites for hydroxylation is 1. The summed E-state index contributed by atoms with van der Waals surface area (Å²) in [6, 6.07) is 7.86. The van der Waals surface area contributed by atoms with E-state index < -0.39 is 0 Å². The van der Waals surface area contributed by atoms with Crippen molar-refractivity contribution < 1.29 is 4.79 Å². The van der Waals surface area contributed by atoms with Crippen molar-refractivity contribution in [1.82, 2.24) is 20.5 Å². The van der Waals surface area contributed by atoms with Crippen molar-refractivity contribution in [1.29, 1.82) is 0 Å². The number of carbonyl (C=O) groups excluding carboxylic acids is 1. The zero-order chi connectivity index (χ0) is 20.5. The molecule has 30 heavy (non-hydrogen) atoms. The minimum Gasteiger partial charge on any atom is -0.357 e. The van der Waals surface area contributed by atoms with Gasteiger partial charge >= 0.3 is 0 Å². The number of nitrogens with one attached hydrogen (secondary N) is 2. The molecule has 0 unspecified atom stereocenters. The number of hydrogen-bond acceptors (Lipinski definition) is 4. The highest BCUT2D eigenvalue weighted by molar-refractivity contribution is 14.0. The van der Waals surface area contributed by atoms with Gasteiger partial charge in [0.1, 0.15) is 0 Å². The number of halogens is 1. The van der Waals surface area contributed by atoms with Crippen LogP contribution in [0.5, 0.6) is 0 Å². The molecule has 1 saturated heterocycles. The van der Waals surface area contributed by atoms with E-state index in [9.17, 15) is 4.79 Å². The molecule has 1 aliphatic rings. The van der Waals surface area contributed by atoms with Crippen LogP contribution >= 0.6 is 35.3 Å². The fourth-order valence-corrected chi connectivity index (χ4v) is 4.19. The van der Waals surface area contributed by atoms with Crippen LogP contribution in [0, 0.1) is 6.92 Å². The zero-order valence-corrected chi connectivity index (χ0v) is 21.0. The number of rotatable bonds is 7. The van der Waals surface area contributed by atoms with E-state index in [2.05, 4.69) is 34.5 Å². The van der Waals surface area contributed by atoms with E-state index in [0.717, 1.165) is 67.5 Å². The van der Waals surface area contributed by atoms with Crippen molar-refractivity contribution in [3.8, 4) is 0 Å². The molecular weight excluding hydrogens is 509 g/mol. The van der Waals surface area contributed by atoms with Gasteiger partial charge in [-0.25, -0.2) is 9.98 Å². The highest BCUT2D eigenvalue weighted by Crippen LogP contribution is 2.15. The van der Waals surface area contributed by atoms with Crippen molar-refractivity contribution in [3.05, 3.63) is 51.5 Å². The summed E-state index contributed by atoms with van der Waals surface area (Å²) in [6.45, 7) is 7.99. The monoisotopic (exact) mass is 541 g/mol. The second-order valence-corrected chi connectivity index (χ2v) is 8.61. The van der Waals surface area contributed by atoms with Gasteiger partial charge in [-0.2, -0.15) is 0 Å². The van der Waals surface area contributed by atoms with E-state index in [-0.39, 0.29) is 29.9 Å². The number of piperidine rings is 1. The van der Waals surface area contributed by atoms with E-state index in [0.29, 0.717) is 6.54 Å². The number of amides is 1. The highest BCUT2D eigenvalue weighted by Gasteiger charge is 2.18. The van der Waals surface area contributed by atoms with Crippen LogP contribution in [0.15, 0.2) is 35.5 Å². The lowest BCUT2D eigenvalue weighted by Gasteiger charge is -2.26. The first-order valence-corrected chi connectivity index (χ1v) is 11.3. The first-order chi connectivity index (χ1) is 14.2. The van der Waals surface area contributed by atoms with Crippen molar-refractivity contribution in [2.24, 2.45) is 4.99 Å². The average Bonchev–Trinajstić information content (AvgIpc) is 3.17. The van der Waals surface area contributed by atoms with Crippen LogP contribution in [0.25, 0.3) is 0 Å². The molecule has 0 atom stereocenters. The minimum atomic E-state index is 0. The summed E-state index contributed by atoms with van der Waals surface area (Å²) in [5.41, 5.74) is 1.80. The quantitative estimate of drug-likeness (QED) is 0.316. The Bertz CT molecular complexity index is 832. The van der Waals surface area contributed by atoms with Crippen LogP contribution in [0.1, 0.15) is 52.0 Å². The number of guanidine groups is 1. The maximum absolute atomic E-state index is 12.7. The highest BCUT2D eigenvalue weighted by atomic mass is 127. The second kappa shape index (κ2) is 12.9. The molecule has 3 rings (SSSR count). The van der Waals surface area contributed by atoms with Crippen LogP contribution in [0.4, 0.5) is 0 Å². The number of aromatic nitrogens is 1. The Kier molecular flexibility index (Phi) is 10.6. The average molecular weight is 542 g/mol. The Morgan fingerprint density at radius 2 is 2.03 bits per heavy atom. The first-order valence-electron chi connectivity index (χ1n) is 10.5. The number of benzene rings is 1. The molecule has 1 aromatic carbocycles. The van der Waals surface area contributed by atoms with Gasteiger partial charge in [-0.1, -0.05) is 12.1 Å². The molecule has 0 spiro atoms. The van der Waals surface area contributed by atoms with Gasteiger partial charge in [-0.3, -0.25) is 4.79 Å². The number of nitrogens with zero attached hydrogens (tertiary/aromatic N) is 3. The SMILES string of the molecule is CCNC(=NCc1cccc(C(=O)N2CCCCC2)c1)NCCc1ncc(C)s1.I. The normalized spacial score (nSPS) is 14.2. The molecule has 6 nitrogen and oxygen atoms in total. The van der Waals surface area contributed by atoms with Crippen molar-refractivity contribution >= 4 is 47.2 Å². The number of thiazole rings is 1. The lowest BCUT2D eigenvalue weighted by Crippen LogP contribution is -2.38. The van der Waals surface area contributed by atoms with Crippen molar-refractivity contribution in [3.63, 3.8) is 0 Å². The maximum Gasteiger partial charge on any atom is 0.253 e. The van der Waals surface area contributed by atoms with E-state index in [1.807, 2.05) is 35.4 Å². The smallest absolute Gasteiger partial charge is 0.253 e. The van der Waals surface area contributed by atoms with E-state index in [1.165, 1.54) is 11.3 Å². The summed E-state index contributed by atoms with van der Waals surface area (Å²) in [7, 11) is 0. The van der Waals surface area contributed by atoms with Crippen LogP contribution in [-0.2, 0) is 13.0 Å². The molecule has 0 bridgehead atoms. The number of hydrogen-bond donors (Lipinski definition) is 2. The third-order valence-corrected chi connectivity index (χ3v) is 5.85. The molecule has 2 aromatic rings. The lowest BCUT2D eigenvalue weighted by atomic mass is 10.1. The van der Waals surface area contributed by atoms with Gasteiger partial charge in [-0.15, -0.1) is 35.3 Å². The molecule has 0 saturated carbocycles. The molecule has 1 fully saturated rings. The summed E-state index contributed by atoms with van der Waals surface area (Å²) in [5, 5.41) is 7.78. The Morgan fingerprint density at radius 1 is 1.23 bits per heavy atom. The Hall–Kier alpha value is -1.68. The van der Waals surface area contributed by atoms with Crippen LogP contribution in [-0.4, -0.2) is 47.9 Å². The summed E-state index contributed by atoms with van der Waals surface area (Å²) in [6.07, 6.45) is 6.23. The van der Waals surface area contributed by atoms with Crippen LogP contribution in [0.2, 0.25) is 0 Å². The van der Waals surface area contributed by atoms with E-state index >= 15 is 0 Å². The van der Waals surface area contributed by atoms with Crippen molar-refractivity contribution in [2.75, 3.05) is 26.2 Å². The van der Waals surface area contributed by atoms with Gasteiger partial charge in [0, 0.05) is 49.2 Å².